The molecule has 0 aliphatic rings. The van der Waals surface area contributed by atoms with Gasteiger partial charge in [-0.1, -0.05) is 0 Å². The molecule has 2 aromatic heterocycles. The zero-order valence-electron chi connectivity index (χ0n) is 9.29. The van der Waals surface area contributed by atoms with Crippen molar-refractivity contribution < 1.29 is 0 Å². The molecule has 0 bridgehead atoms. The number of fused-ring (bicyclic) bond motifs is 1. The zero-order valence-corrected chi connectivity index (χ0v) is 11.0. The van der Waals surface area contributed by atoms with Crippen molar-refractivity contribution in [1.82, 2.24) is 17.5 Å². The molecular weight excluding hydrogens is 281 g/mol. The van der Waals surface area contributed by atoms with Gasteiger partial charge in [0.1, 0.15) is 0 Å². The summed E-state index contributed by atoms with van der Waals surface area (Å²) in [6.45, 7) is 0.697. The molecule has 0 radical (unpaired) electrons. The number of imidazole rings is 1. The molecule has 0 aliphatic heterocycles. The molecule has 0 saturated heterocycles. The fourth-order valence-electron chi connectivity index (χ4n) is 1.69. The molecule has 6 heteroatoms. The van der Waals surface area contributed by atoms with Crippen LogP contribution >= 0.6 is 0 Å². The van der Waals surface area contributed by atoms with Crippen molar-refractivity contribution in [1.29, 1.82) is 0 Å². The van der Waals surface area contributed by atoms with Crippen LogP contribution in [0.25, 0.3) is 11.0 Å². The first-order valence-corrected chi connectivity index (χ1v) is 6.79. The Kier molecular flexibility index (Phi) is 2.66. The molecule has 5 nitrogen and oxygen atoms in total. The summed E-state index contributed by atoms with van der Waals surface area (Å²) < 4.78 is 10.8. The van der Waals surface area contributed by atoms with Gasteiger partial charge < -0.3 is 0 Å². The van der Waals surface area contributed by atoms with Crippen LogP contribution in [-0.4, -0.2) is 32.5 Å². The summed E-state index contributed by atoms with van der Waals surface area (Å²) >= 11 is 0.0172. The Morgan fingerprint density at radius 1 is 1.35 bits per heavy atom. The number of hydrogen-bond acceptors (Lipinski definition) is 4. The average molecular weight is 292 g/mol. The van der Waals surface area contributed by atoms with E-state index in [1.807, 2.05) is 36.0 Å². The Balaban J connectivity index is 1.86. The van der Waals surface area contributed by atoms with Crippen molar-refractivity contribution in [3.05, 3.63) is 36.4 Å². The van der Waals surface area contributed by atoms with E-state index in [9.17, 15) is 0 Å². The number of hydrogen-bond donors (Lipinski definition) is 1. The number of nitrogens with one attached hydrogen (secondary N) is 1. The first-order chi connectivity index (χ1) is 8.34. The van der Waals surface area contributed by atoms with Crippen LogP contribution in [0.5, 0.6) is 0 Å². The van der Waals surface area contributed by atoms with E-state index >= 15 is 0 Å². The number of benzene rings is 1. The normalized spacial score (nSPS) is 10.9. The summed E-state index contributed by atoms with van der Waals surface area (Å²) in [5.74, 6) is 1.00. The Labute approximate surface area is 105 Å². The molecule has 0 unspecified atom stereocenters. The van der Waals surface area contributed by atoms with Crippen molar-refractivity contribution >= 4 is 31.7 Å². The minimum absolute atomic E-state index is 0.0172. The Morgan fingerprint density at radius 3 is 3.12 bits per heavy atom. The van der Waals surface area contributed by atoms with Crippen molar-refractivity contribution in [2.45, 2.75) is 6.54 Å². The summed E-state index contributed by atoms with van der Waals surface area (Å²) in [5, 5.41) is 3.36. The van der Waals surface area contributed by atoms with E-state index in [1.54, 1.807) is 6.20 Å². The van der Waals surface area contributed by atoms with Crippen LogP contribution in [0, 0.1) is 0 Å². The van der Waals surface area contributed by atoms with Crippen molar-refractivity contribution in [2.75, 3.05) is 5.32 Å². The molecule has 17 heavy (non-hydrogen) atoms. The number of anilines is 1. The Hall–Kier alpha value is -1.65. The molecule has 2 heterocycles. The fourth-order valence-corrected chi connectivity index (χ4v) is 2.84. The van der Waals surface area contributed by atoms with Crippen LogP contribution in [0.1, 0.15) is 5.82 Å². The summed E-state index contributed by atoms with van der Waals surface area (Å²) in [6, 6.07) is 6.03. The van der Waals surface area contributed by atoms with E-state index in [0.29, 0.717) is 6.54 Å². The van der Waals surface area contributed by atoms with Crippen LogP contribution in [0.4, 0.5) is 5.69 Å². The number of aromatic nitrogens is 4. The Morgan fingerprint density at radius 2 is 2.29 bits per heavy atom. The molecule has 1 N–H and O–H groups in total. The number of aryl methyl sites for hydroxylation is 1. The quantitative estimate of drug-likeness (QED) is 0.733. The first-order valence-electron chi connectivity index (χ1n) is 5.26. The van der Waals surface area contributed by atoms with Crippen LogP contribution in [0.2, 0.25) is 0 Å². The molecule has 0 spiro atoms. The first kappa shape index (κ1) is 10.5. The van der Waals surface area contributed by atoms with Crippen LogP contribution in [0.3, 0.4) is 0 Å². The molecule has 3 rings (SSSR count). The maximum absolute atomic E-state index is 4.43. The van der Waals surface area contributed by atoms with E-state index in [-0.39, 0.29) is 15.0 Å². The van der Waals surface area contributed by atoms with Gasteiger partial charge in [0.2, 0.25) is 0 Å². The van der Waals surface area contributed by atoms with Gasteiger partial charge in [0.25, 0.3) is 0 Å². The van der Waals surface area contributed by atoms with Crippen LogP contribution in [-0.2, 0) is 13.6 Å². The third-order valence-corrected chi connectivity index (χ3v) is 3.78. The van der Waals surface area contributed by atoms with Gasteiger partial charge in [-0.25, -0.2) is 0 Å². The van der Waals surface area contributed by atoms with E-state index in [0.717, 1.165) is 22.5 Å². The second kappa shape index (κ2) is 4.31. The van der Waals surface area contributed by atoms with Gasteiger partial charge in [0, 0.05) is 0 Å². The van der Waals surface area contributed by atoms with Crippen LogP contribution in [0.15, 0.2) is 30.6 Å². The predicted molar refractivity (Wildman–Crippen MR) is 67.0 cm³/mol. The molecule has 0 saturated carbocycles. The maximum atomic E-state index is 4.43. The minimum atomic E-state index is 0.0172. The SMILES string of the molecule is Cn1ccnc1CNc1cccc2n[se]nc12. The van der Waals surface area contributed by atoms with Gasteiger partial charge in [0.15, 0.2) is 0 Å². The molecule has 0 atom stereocenters. The van der Waals surface area contributed by atoms with Crippen molar-refractivity contribution in [3.8, 4) is 0 Å². The third kappa shape index (κ3) is 1.97. The summed E-state index contributed by atoms with van der Waals surface area (Å²) in [4.78, 5) is 4.27. The van der Waals surface area contributed by atoms with E-state index in [2.05, 4.69) is 18.3 Å². The van der Waals surface area contributed by atoms with Gasteiger partial charge in [-0.3, -0.25) is 0 Å². The molecule has 1 aromatic carbocycles. The second-order valence-electron chi connectivity index (χ2n) is 3.75. The Bertz CT molecular complexity index is 642. The van der Waals surface area contributed by atoms with Gasteiger partial charge >= 0.3 is 105 Å². The van der Waals surface area contributed by atoms with E-state index < -0.39 is 0 Å². The average Bonchev–Trinajstić information content (AvgIpc) is 2.95. The van der Waals surface area contributed by atoms with E-state index in [1.165, 1.54) is 0 Å². The second-order valence-corrected chi connectivity index (χ2v) is 4.85. The van der Waals surface area contributed by atoms with Gasteiger partial charge in [0.05, 0.1) is 0 Å². The summed E-state index contributed by atoms with van der Waals surface area (Å²) in [6.07, 6.45) is 3.74. The molecular formula is C11H11N5Se. The predicted octanol–water partition coefficient (Wildman–Crippen LogP) is 1.03. The molecule has 86 valence electrons. The monoisotopic (exact) mass is 293 g/mol. The number of rotatable bonds is 3. The topological polar surface area (TPSA) is 55.6 Å². The van der Waals surface area contributed by atoms with Crippen molar-refractivity contribution in [3.63, 3.8) is 0 Å². The van der Waals surface area contributed by atoms with Gasteiger partial charge in [-0.2, -0.15) is 0 Å². The molecule has 0 aliphatic carbocycles. The van der Waals surface area contributed by atoms with Gasteiger partial charge in [-0.05, 0) is 0 Å². The van der Waals surface area contributed by atoms with Crippen LogP contribution < -0.4 is 5.32 Å². The number of nitrogens with zero attached hydrogens (tertiary/aromatic N) is 4. The summed E-state index contributed by atoms with van der Waals surface area (Å²) in [5.41, 5.74) is 3.02. The van der Waals surface area contributed by atoms with E-state index in [4.69, 9.17) is 0 Å². The molecule has 0 amide bonds. The van der Waals surface area contributed by atoms with Gasteiger partial charge in [-0.15, -0.1) is 0 Å². The van der Waals surface area contributed by atoms with Crippen molar-refractivity contribution in [2.24, 2.45) is 7.05 Å². The molecule has 0 fully saturated rings. The zero-order chi connectivity index (χ0) is 11.7. The summed E-state index contributed by atoms with van der Waals surface area (Å²) in [7, 11) is 1.99. The third-order valence-electron chi connectivity index (χ3n) is 2.64. The standard InChI is InChI=1S/C11H11N5Se/c1-16-6-5-12-10(16)7-13-8-3-2-4-9-11(8)15-17-14-9/h2-6,13H,7H2,1H3. The fraction of sp³-hybridized carbons (Fsp3) is 0.182. The molecule has 3 aromatic rings.